The number of carbonyl (C=O) groups excluding carboxylic acids is 2. The molecule has 0 bridgehead atoms. The fourth-order valence-electron chi connectivity index (χ4n) is 2.06. The molecule has 6 nitrogen and oxygen atoms in total. The van der Waals surface area contributed by atoms with Crippen LogP contribution in [0.3, 0.4) is 0 Å². The molecule has 24 heavy (non-hydrogen) atoms. The van der Waals surface area contributed by atoms with E-state index in [2.05, 4.69) is 26.2 Å². The lowest BCUT2D eigenvalue weighted by Crippen LogP contribution is -2.30. The van der Waals surface area contributed by atoms with Crippen LogP contribution < -0.4 is 5.32 Å². The van der Waals surface area contributed by atoms with Crippen LogP contribution in [-0.2, 0) is 9.53 Å². The Hall–Kier alpha value is -2.67. The number of nitrogens with zero attached hydrogens (tertiary/aromatic N) is 1. The highest BCUT2D eigenvalue weighted by atomic mass is 79.9. The molecule has 0 aliphatic heterocycles. The van der Waals surface area contributed by atoms with Gasteiger partial charge in [0.2, 0.25) is 0 Å². The topological polar surface area (TPSA) is 81.4 Å². The van der Waals surface area contributed by atoms with Gasteiger partial charge < -0.3 is 14.5 Å². The monoisotopic (exact) mass is 388 g/mol. The molecule has 0 aliphatic carbocycles. The van der Waals surface area contributed by atoms with Gasteiger partial charge in [-0.3, -0.25) is 4.79 Å². The number of halogens is 1. The van der Waals surface area contributed by atoms with Crippen LogP contribution in [-0.4, -0.2) is 23.0 Å². The average Bonchev–Trinajstić information content (AvgIpc) is 3.04. The largest absolute Gasteiger partial charge is 0.449 e. The molecule has 0 spiro atoms. The number of esters is 1. The highest BCUT2D eigenvalue weighted by molar-refractivity contribution is 9.10. The minimum absolute atomic E-state index is 0.291. The predicted molar refractivity (Wildman–Crippen MR) is 91.7 cm³/mol. The Morgan fingerprint density at radius 3 is 2.83 bits per heavy atom. The lowest BCUT2D eigenvalue weighted by atomic mass is 10.2. The zero-order valence-corrected chi connectivity index (χ0v) is 14.2. The summed E-state index contributed by atoms with van der Waals surface area (Å²) >= 11 is 3.34. The standard InChI is InChI=1S/C17H13BrN2O4/c1-10(16(21)20-13-5-3-2-4-12(13)18)24-17(22)11-6-7-14-15(8-11)23-9-19-14/h2-10H,1H3,(H,20,21). The summed E-state index contributed by atoms with van der Waals surface area (Å²) in [5.74, 6) is -1.03. The normalized spacial score (nSPS) is 11.9. The number of rotatable bonds is 4. The molecule has 1 unspecified atom stereocenters. The molecule has 1 atom stereocenters. The van der Waals surface area contributed by atoms with Gasteiger partial charge in [0, 0.05) is 4.47 Å². The summed E-state index contributed by atoms with van der Waals surface area (Å²) in [6.45, 7) is 1.51. The summed E-state index contributed by atoms with van der Waals surface area (Å²) < 4.78 is 11.1. The summed E-state index contributed by atoms with van der Waals surface area (Å²) in [5.41, 5.74) is 2.02. The number of oxazole rings is 1. The average molecular weight is 389 g/mol. The van der Waals surface area contributed by atoms with Gasteiger partial charge in [-0.15, -0.1) is 0 Å². The fraction of sp³-hybridized carbons (Fsp3) is 0.118. The molecule has 1 N–H and O–H groups in total. The maximum atomic E-state index is 12.2. The Labute approximate surface area is 145 Å². The molecule has 7 heteroatoms. The van der Waals surface area contributed by atoms with Crippen LogP contribution in [0, 0.1) is 0 Å². The summed E-state index contributed by atoms with van der Waals surface area (Å²) in [6, 6.07) is 11.9. The van der Waals surface area contributed by atoms with Crippen molar-refractivity contribution in [3.8, 4) is 0 Å². The third-order valence-electron chi connectivity index (χ3n) is 3.35. The van der Waals surface area contributed by atoms with Crippen LogP contribution in [0.2, 0.25) is 0 Å². The van der Waals surface area contributed by atoms with Crippen molar-refractivity contribution in [1.29, 1.82) is 0 Å². The molecule has 0 saturated carbocycles. The number of nitrogens with one attached hydrogen (secondary N) is 1. The van der Waals surface area contributed by atoms with Gasteiger partial charge in [0.1, 0.15) is 5.52 Å². The summed E-state index contributed by atoms with van der Waals surface area (Å²) in [5, 5.41) is 2.70. The van der Waals surface area contributed by atoms with Crippen molar-refractivity contribution in [2.75, 3.05) is 5.32 Å². The molecule has 122 valence electrons. The van der Waals surface area contributed by atoms with Crippen LogP contribution in [0.5, 0.6) is 0 Å². The van der Waals surface area contributed by atoms with Crippen LogP contribution in [0.25, 0.3) is 11.1 Å². The minimum Gasteiger partial charge on any atom is -0.449 e. The SMILES string of the molecule is CC(OC(=O)c1ccc2ncoc2c1)C(=O)Nc1ccccc1Br. The summed E-state index contributed by atoms with van der Waals surface area (Å²) in [6.07, 6.45) is 0.350. The number of amides is 1. The van der Waals surface area contributed by atoms with E-state index in [9.17, 15) is 9.59 Å². The Morgan fingerprint density at radius 1 is 1.25 bits per heavy atom. The number of ether oxygens (including phenoxy) is 1. The second-order valence-corrected chi connectivity index (χ2v) is 5.91. The molecule has 1 amide bonds. The van der Waals surface area contributed by atoms with Crippen molar-refractivity contribution in [2.45, 2.75) is 13.0 Å². The molecule has 3 aromatic rings. The van der Waals surface area contributed by atoms with Gasteiger partial charge in [-0.25, -0.2) is 9.78 Å². The van der Waals surface area contributed by atoms with E-state index in [1.807, 2.05) is 6.07 Å². The molecule has 1 aromatic heterocycles. The Kier molecular flexibility index (Phi) is 4.61. The van der Waals surface area contributed by atoms with Gasteiger partial charge in [-0.1, -0.05) is 12.1 Å². The second-order valence-electron chi connectivity index (χ2n) is 5.05. The molecule has 0 radical (unpaired) electrons. The lowest BCUT2D eigenvalue weighted by Gasteiger charge is -2.14. The summed E-state index contributed by atoms with van der Waals surface area (Å²) in [7, 11) is 0. The Balaban J connectivity index is 1.67. The smallest absolute Gasteiger partial charge is 0.339 e. The Morgan fingerprint density at radius 2 is 2.04 bits per heavy atom. The van der Waals surface area contributed by atoms with Gasteiger partial charge in [0.05, 0.1) is 11.3 Å². The minimum atomic E-state index is -0.949. The number of carbonyl (C=O) groups is 2. The maximum absolute atomic E-state index is 12.2. The first-order valence-corrected chi connectivity index (χ1v) is 7.93. The van der Waals surface area contributed by atoms with Crippen molar-refractivity contribution in [3.05, 3.63) is 58.9 Å². The van der Waals surface area contributed by atoms with E-state index in [-0.39, 0.29) is 0 Å². The van der Waals surface area contributed by atoms with Gasteiger partial charge in [-0.2, -0.15) is 0 Å². The van der Waals surface area contributed by atoms with Gasteiger partial charge in [0.15, 0.2) is 18.1 Å². The van der Waals surface area contributed by atoms with E-state index in [4.69, 9.17) is 9.15 Å². The number of anilines is 1. The van der Waals surface area contributed by atoms with E-state index < -0.39 is 18.0 Å². The summed E-state index contributed by atoms with van der Waals surface area (Å²) in [4.78, 5) is 28.3. The Bertz CT molecular complexity index is 906. The number of aromatic nitrogens is 1. The van der Waals surface area contributed by atoms with E-state index in [0.29, 0.717) is 22.4 Å². The second kappa shape index (κ2) is 6.84. The first kappa shape index (κ1) is 16.2. The molecule has 1 heterocycles. The zero-order chi connectivity index (χ0) is 17.1. The quantitative estimate of drug-likeness (QED) is 0.687. The fourth-order valence-corrected chi connectivity index (χ4v) is 2.45. The van der Waals surface area contributed by atoms with Crippen molar-refractivity contribution in [1.82, 2.24) is 4.98 Å². The molecule has 0 saturated heterocycles. The molecular weight excluding hydrogens is 376 g/mol. The first-order chi connectivity index (χ1) is 11.5. The van der Waals surface area contributed by atoms with E-state index >= 15 is 0 Å². The van der Waals surface area contributed by atoms with Crippen LogP contribution in [0.15, 0.2) is 57.7 Å². The van der Waals surface area contributed by atoms with Crippen LogP contribution in [0.1, 0.15) is 17.3 Å². The van der Waals surface area contributed by atoms with E-state index in [1.54, 1.807) is 30.3 Å². The maximum Gasteiger partial charge on any atom is 0.339 e. The number of benzene rings is 2. The predicted octanol–water partition coefficient (Wildman–Crippen LogP) is 3.77. The molecule has 2 aromatic carbocycles. The molecule has 3 rings (SSSR count). The van der Waals surface area contributed by atoms with Crippen LogP contribution in [0.4, 0.5) is 5.69 Å². The van der Waals surface area contributed by atoms with Crippen molar-refractivity contribution >= 4 is 44.6 Å². The highest BCUT2D eigenvalue weighted by Gasteiger charge is 2.20. The van der Waals surface area contributed by atoms with Gasteiger partial charge in [-0.05, 0) is 53.2 Å². The van der Waals surface area contributed by atoms with Crippen molar-refractivity contribution in [3.63, 3.8) is 0 Å². The number of fused-ring (bicyclic) bond motifs is 1. The van der Waals surface area contributed by atoms with Gasteiger partial charge >= 0.3 is 5.97 Å². The van der Waals surface area contributed by atoms with Crippen molar-refractivity contribution in [2.24, 2.45) is 0 Å². The number of hydrogen-bond acceptors (Lipinski definition) is 5. The number of hydrogen-bond donors (Lipinski definition) is 1. The third kappa shape index (κ3) is 3.46. The van der Waals surface area contributed by atoms with Crippen LogP contribution >= 0.6 is 15.9 Å². The zero-order valence-electron chi connectivity index (χ0n) is 12.7. The van der Waals surface area contributed by atoms with Gasteiger partial charge in [0.25, 0.3) is 5.91 Å². The highest BCUT2D eigenvalue weighted by Crippen LogP contribution is 2.21. The van der Waals surface area contributed by atoms with Crippen molar-refractivity contribution < 1.29 is 18.7 Å². The first-order valence-electron chi connectivity index (χ1n) is 7.14. The molecular formula is C17H13BrN2O4. The van der Waals surface area contributed by atoms with E-state index in [0.717, 1.165) is 4.47 Å². The molecule has 0 aliphatic rings. The van der Waals surface area contributed by atoms with E-state index in [1.165, 1.54) is 19.4 Å². The third-order valence-corrected chi connectivity index (χ3v) is 4.04. The lowest BCUT2D eigenvalue weighted by molar-refractivity contribution is -0.123. The number of para-hydroxylation sites is 1. The molecule has 0 fully saturated rings.